The first-order valence-electron chi connectivity index (χ1n) is 5.96. The maximum atomic E-state index is 11.3. The summed E-state index contributed by atoms with van der Waals surface area (Å²) in [6.45, 7) is 3.46. The molecular weight excluding hydrogens is 224 g/mol. The molecule has 0 amide bonds. The SMILES string of the molecule is CC(=O)O[C@H](c1ccccc1)c1ccccc1C. The molecule has 0 aliphatic carbocycles. The van der Waals surface area contributed by atoms with Crippen LogP contribution >= 0.6 is 0 Å². The van der Waals surface area contributed by atoms with Crippen LogP contribution in [0, 0.1) is 6.92 Å². The van der Waals surface area contributed by atoms with Gasteiger partial charge in [0.25, 0.3) is 0 Å². The van der Waals surface area contributed by atoms with Crippen LogP contribution in [0.25, 0.3) is 0 Å². The number of carbonyl (C=O) groups excluding carboxylic acids is 1. The molecule has 0 aliphatic heterocycles. The van der Waals surface area contributed by atoms with Gasteiger partial charge in [0.1, 0.15) is 0 Å². The molecule has 0 aliphatic rings. The van der Waals surface area contributed by atoms with Gasteiger partial charge in [-0.15, -0.1) is 0 Å². The second kappa shape index (κ2) is 5.50. The van der Waals surface area contributed by atoms with E-state index in [9.17, 15) is 4.79 Å². The molecule has 2 heteroatoms. The lowest BCUT2D eigenvalue weighted by Crippen LogP contribution is -2.11. The summed E-state index contributed by atoms with van der Waals surface area (Å²) in [5.74, 6) is -0.271. The molecule has 0 heterocycles. The van der Waals surface area contributed by atoms with Crippen molar-refractivity contribution in [3.63, 3.8) is 0 Å². The summed E-state index contributed by atoms with van der Waals surface area (Å²) in [6, 6.07) is 17.8. The summed E-state index contributed by atoms with van der Waals surface area (Å²) in [5.41, 5.74) is 3.13. The van der Waals surface area contributed by atoms with Crippen LogP contribution in [-0.2, 0) is 9.53 Å². The van der Waals surface area contributed by atoms with Crippen LogP contribution in [0.15, 0.2) is 54.6 Å². The number of esters is 1. The van der Waals surface area contributed by atoms with Crippen molar-refractivity contribution in [3.05, 3.63) is 71.3 Å². The van der Waals surface area contributed by atoms with Crippen molar-refractivity contribution in [2.45, 2.75) is 20.0 Å². The van der Waals surface area contributed by atoms with Crippen LogP contribution in [0.1, 0.15) is 29.7 Å². The maximum absolute atomic E-state index is 11.3. The van der Waals surface area contributed by atoms with Crippen molar-refractivity contribution in [1.29, 1.82) is 0 Å². The molecular formula is C16H16O2. The smallest absolute Gasteiger partial charge is 0.303 e. The molecule has 18 heavy (non-hydrogen) atoms. The molecule has 0 N–H and O–H groups in total. The summed E-state index contributed by atoms with van der Waals surface area (Å²) >= 11 is 0. The van der Waals surface area contributed by atoms with Gasteiger partial charge in [0.2, 0.25) is 0 Å². The van der Waals surface area contributed by atoms with E-state index in [1.165, 1.54) is 6.92 Å². The largest absolute Gasteiger partial charge is 0.453 e. The van der Waals surface area contributed by atoms with Gasteiger partial charge < -0.3 is 4.74 Å². The predicted molar refractivity (Wildman–Crippen MR) is 71.2 cm³/mol. The number of rotatable bonds is 3. The molecule has 0 spiro atoms. The molecule has 1 atom stereocenters. The summed E-state index contributed by atoms with van der Waals surface area (Å²) in [4.78, 5) is 11.3. The third kappa shape index (κ3) is 2.77. The molecule has 0 saturated heterocycles. The minimum absolute atomic E-state index is 0.271. The van der Waals surface area contributed by atoms with Crippen LogP contribution in [0.5, 0.6) is 0 Å². The Hall–Kier alpha value is -2.09. The molecule has 0 fully saturated rings. The highest BCUT2D eigenvalue weighted by molar-refractivity contribution is 5.67. The first-order chi connectivity index (χ1) is 8.68. The van der Waals surface area contributed by atoms with Crippen LogP contribution in [0.2, 0.25) is 0 Å². The number of carbonyl (C=O) groups is 1. The molecule has 92 valence electrons. The molecule has 2 aromatic rings. The third-order valence-electron chi connectivity index (χ3n) is 2.86. The Labute approximate surface area is 107 Å². The number of ether oxygens (including phenoxy) is 1. The zero-order valence-corrected chi connectivity index (χ0v) is 10.6. The highest BCUT2D eigenvalue weighted by atomic mass is 16.5. The van der Waals surface area contributed by atoms with Gasteiger partial charge >= 0.3 is 5.97 Å². The van der Waals surface area contributed by atoms with Crippen molar-refractivity contribution >= 4 is 5.97 Å². The summed E-state index contributed by atoms with van der Waals surface area (Å²) in [6.07, 6.45) is -0.329. The lowest BCUT2D eigenvalue weighted by Gasteiger charge is -2.19. The number of benzene rings is 2. The Balaban J connectivity index is 2.44. The van der Waals surface area contributed by atoms with Gasteiger partial charge in [-0.05, 0) is 23.6 Å². The van der Waals surface area contributed by atoms with E-state index in [0.29, 0.717) is 0 Å². The van der Waals surface area contributed by atoms with Gasteiger partial charge in [0, 0.05) is 6.92 Å². The highest BCUT2D eigenvalue weighted by Crippen LogP contribution is 2.28. The molecule has 2 aromatic carbocycles. The van der Waals surface area contributed by atoms with E-state index in [-0.39, 0.29) is 12.1 Å². The average Bonchev–Trinajstić information content (AvgIpc) is 2.38. The Kier molecular flexibility index (Phi) is 3.78. The molecule has 0 aromatic heterocycles. The third-order valence-corrected chi connectivity index (χ3v) is 2.86. The van der Waals surface area contributed by atoms with Crippen molar-refractivity contribution in [2.24, 2.45) is 0 Å². The molecule has 2 nitrogen and oxygen atoms in total. The fourth-order valence-electron chi connectivity index (χ4n) is 1.99. The van der Waals surface area contributed by atoms with Gasteiger partial charge in [-0.25, -0.2) is 0 Å². The number of aryl methyl sites for hydroxylation is 1. The fraction of sp³-hybridized carbons (Fsp3) is 0.188. The minimum atomic E-state index is -0.329. The zero-order chi connectivity index (χ0) is 13.0. The lowest BCUT2D eigenvalue weighted by molar-refractivity contribution is -0.144. The topological polar surface area (TPSA) is 26.3 Å². The van der Waals surface area contributed by atoms with E-state index in [1.807, 2.05) is 61.5 Å². The Morgan fingerprint density at radius 3 is 2.22 bits per heavy atom. The van der Waals surface area contributed by atoms with E-state index >= 15 is 0 Å². The first kappa shape index (κ1) is 12.4. The maximum Gasteiger partial charge on any atom is 0.303 e. The normalized spacial score (nSPS) is 11.9. The van der Waals surface area contributed by atoms with Gasteiger partial charge in [-0.2, -0.15) is 0 Å². The summed E-state index contributed by atoms with van der Waals surface area (Å²) < 4.78 is 5.46. The van der Waals surface area contributed by atoms with Gasteiger partial charge in [0.05, 0.1) is 0 Å². The standard InChI is InChI=1S/C16H16O2/c1-12-8-6-7-11-15(12)16(18-13(2)17)14-9-4-3-5-10-14/h3-11,16H,1-2H3/t16-/m1/s1. The molecule has 0 radical (unpaired) electrons. The molecule has 0 saturated carbocycles. The quantitative estimate of drug-likeness (QED) is 0.765. The van der Waals surface area contributed by atoms with E-state index < -0.39 is 0 Å². The minimum Gasteiger partial charge on any atom is -0.453 e. The van der Waals surface area contributed by atoms with E-state index in [1.54, 1.807) is 0 Å². The van der Waals surface area contributed by atoms with E-state index in [0.717, 1.165) is 16.7 Å². The van der Waals surface area contributed by atoms with Crippen LogP contribution in [-0.4, -0.2) is 5.97 Å². The fourth-order valence-corrected chi connectivity index (χ4v) is 1.99. The van der Waals surface area contributed by atoms with Crippen LogP contribution < -0.4 is 0 Å². The Morgan fingerprint density at radius 2 is 1.61 bits per heavy atom. The van der Waals surface area contributed by atoms with Crippen molar-refractivity contribution in [3.8, 4) is 0 Å². The average molecular weight is 240 g/mol. The zero-order valence-electron chi connectivity index (χ0n) is 10.6. The molecule has 0 unspecified atom stereocenters. The second-order valence-electron chi connectivity index (χ2n) is 4.26. The van der Waals surface area contributed by atoms with Gasteiger partial charge in [0.15, 0.2) is 6.10 Å². The van der Waals surface area contributed by atoms with E-state index in [2.05, 4.69) is 0 Å². The monoisotopic (exact) mass is 240 g/mol. The van der Waals surface area contributed by atoms with Crippen LogP contribution in [0.3, 0.4) is 0 Å². The van der Waals surface area contributed by atoms with E-state index in [4.69, 9.17) is 4.74 Å². The number of hydrogen-bond acceptors (Lipinski definition) is 2. The number of hydrogen-bond donors (Lipinski definition) is 0. The predicted octanol–water partition coefficient (Wildman–Crippen LogP) is 3.65. The first-order valence-corrected chi connectivity index (χ1v) is 5.96. The summed E-state index contributed by atoms with van der Waals surface area (Å²) in [5, 5.41) is 0. The molecule has 0 bridgehead atoms. The molecule has 2 rings (SSSR count). The second-order valence-corrected chi connectivity index (χ2v) is 4.26. The highest BCUT2D eigenvalue weighted by Gasteiger charge is 2.18. The van der Waals surface area contributed by atoms with Crippen LogP contribution in [0.4, 0.5) is 0 Å². The lowest BCUT2D eigenvalue weighted by atomic mass is 9.97. The Morgan fingerprint density at radius 1 is 1.00 bits per heavy atom. The van der Waals surface area contributed by atoms with Crippen molar-refractivity contribution in [1.82, 2.24) is 0 Å². The van der Waals surface area contributed by atoms with Gasteiger partial charge in [-0.3, -0.25) is 4.79 Å². The van der Waals surface area contributed by atoms with Gasteiger partial charge in [-0.1, -0.05) is 54.6 Å². The van der Waals surface area contributed by atoms with Crippen molar-refractivity contribution in [2.75, 3.05) is 0 Å². The summed E-state index contributed by atoms with van der Waals surface area (Å²) in [7, 11) is 0. The Bertz CT molecular complexity index is 532. The van der Waals surface area contributed by atoms with Crippen molar-refractivity contribution < 1.29 is 9.53 Å².